The number of hydrogen-bond acceptors (Lipinski definition) is 2. The highest BCUT2D eigenvalue weighted by Crippen LogP contribution is 2.57. The van der Waals surface area contributed by atoms with Gasteiger partial charge in [0.1, 0.15) is 11.4 Å². The lowest BCUT2D eigenvalue weighted by Crippen LogP contribution is -2.47. The van der Waals surface area contributed by atoms with Gasteiger partial charge in [-0.1, -0.05) is 15.9 Å². The first kappa shape index (κ1) is 11.3. The van der Waals surface area contributed by atoms with E-state index in [9.17, 15) is 0 Å². The maximum absolute atomic E-state index is 6.44. The Morgan fingerprint density at radius 3 is 2.89 bits per heavy atom. The first-order valence-corrected chi connectivity index (χ1v) is 7.70. The Morgan fingerprint density at radius 1 is 1.28 bits per heavy atom. The molecular formula is C15H18BrNO. The van der Waals surface area contributed by atoms with Crippen molar-refractivity contribution >= 4 is 15.9 Å². The molecule has 4 unspecified atom stereocenters. The zero-order valence-corrected chi connectivity index (χ0v) is 11.9. The minimum Gasteiger partial charge on any atom is -0.487 e. The van der Waals surface area contributed by atoms with Crippen LogP contribution in [-0.4, -0.2) is 5.60 Å². The smallest absolute Gasteiger partial charge is 0.125 e. The minimum atomic E-state index is 0.0587. The predicted octanol–water partition coefficient (Wildman–Crippen LogP) is 3.79. The third-order valence-electron chi connectivity index (χ3n) is 5.17. The van der Waals surface area contributed by atoms with Gasteiger partial charge in [-0.3, -0.25) is 0 Å². The largest absolute Gasteiger partial charge is 0.487 e. The molecule has 3 heteroatoms. The summed E-state index contributed by atoms with van der Waals surface area (Å²) >= 11 is 3.51. The van der Waals surface area contributed by atoms with Crippen LogP contribution in [0.1, 0.15) is 43.7 Å². The van der Waals surface area contributed by atoms with E-state index in [4.69, 9.17) is 10.5 Å². The van der Waals surface area contributed by atoms with Crippen LogP contribution < -0.4 is 10.5 Å². The van der Waals surface area contributed by atoms with Crippen molar-refractivity contribution in [1.82, 2.24) is 0 Å². The standard InChI is InChI=1S/C15H18BrNO/c16-11-3-4-14-12(6-11)13(17)8-15(18-14)7-9-1-2-10(15)5-9/h3-4,6,9-10,13H,1-2,5,7-8,17H2. The summed E-state index contributed by atoms with van der Waals surface area (Å²) in [6, 6.07) is 6.37. The van der Waals surface area contributed by atoms with Crippen molar-refractivity contribution in [3.05, 3.63) is 28.2 Å². The maximum Gasteiger partial charge on any atom is 0.125 e. The SMILES string of the molecule is NC1CC2(CC3CCC2C3)Oc2ccc(Br)cc21. The van der Waals surface area contributed by atoms with Crippen molar-refractivity contribution in [3.63, 3.8) is 0 Å². The van der Waals surface area contributed by atoms with E-state index in [-0.39, 0.29) is 11.6 Å². The minimum absolute atomic E-state index is 0.0587. The van der Waals surface area contributed by atoms with E-state index in [1.807, 2.05) is 0 Å². The second kappa shape index (κ2) is 3.73. The van der Waals surface area contributed by atoms with E-state index in [1.165, 1.54) is 25.7 Å². The fourth-order valence-corrected chi connectivity index (χ4v) is 4.79. The molecule has 4 rings (SSSR count). The quantitative estimate of drug-likeness (QED) is 0.791. The van der Waals surface area contributed by atoms with Crippen LogP contribution in [0.2, 0.25) is 0 Å². The highest BCUT2D eigenvalue weighted by molar-refractivity contribution is 9.10. The molecule has 96 valence electrons. The monoisotopic (exact) mass is 307 g/mol. The molecule has 18 heavy (non-hydrogen) atoms. The number of nitrogens with two attached hydrogens (primary N) is 1. The van der Waals surface area contributed by atoms with Crippen LogP contribution in [0.5, 0.6) is 5.75 Å². The van der Waals surface area contributed by atoms with E-state index >= 15 is 0 Å². The molecule has 0 saturated heterocycles. The molecule has 1 aromatic carbocycles. The Labute approximate surface area is 116 Å². The van der Waals surface area contributed by atoms with E-state index in [0.717, 1.165) is 34.0 Å². The van der Waals surface area contributed by atoms with E-state index < -0.39 is 0 Å². The van der Waals surface area contributed by atoms with Crippen molar-refractivity contribution in [2.24, 2.45) is 17.6 Å². The van der Waals surface area contributed by atoms with Crippen molar-refractivity contribution in [2.75, 3.05) is 0 Å². The summed E-state index contributed by atoms with van der Waals surface area (Å²) in [5.74, 6) is 2.65. The molecule has 3 aliphatic rings. The maximum atomic E-state index is 6.44. The summed E-state index contributed by atoms with van der Waals surface area (Å²) in [6.07, 6.45) is 6.32. The summed E-state index contributed by atoms with van der Waals surface area (Å²) in [4.78, 5) is 0. The molecule has 4 atom stereocenters. The Hall–Kier alpha value is -0.540. The lowest BCUT2D eigenvalue weighted by molar-refractivity contribution is -0.0141. The highest BCUT2D eigenvalue weighted by Gasteiger charge is 2.55. The lowest BCUT2D eigenvalue weighted by Gasteiger charge is -2.44. The first-order chi connectivity index (χ1) is 8.66. The molecule has 0 amide bonds. The van der Waals surface area contributed by atoms with Gasteiger partial charge in [-0.25, -0.2) is 0 Å². The Balaban J connectivity index is 1.74. The average molecular weight is 308 g/mol. The van der Waals surface area contributed by atoms with E-state index in [2.05, 4.69) is 34.1 Å². The second-order valence-electron chi connectivity index (χ2n) is 6.24. The Morgan fingerprint density at radius 2 is 2.17 bits per heavy atom. The van der Waals surface area contributed by atoms with Gasteiger partial charge in [0.05, 0.1) is 0 Å². The molecule has 2 fully saturated rings. The van der Waals surface area contributed by atoms with Crippen LogP contribution in [0.3, 0.4) is 0 Å². The molecular weight excluding hydrogens is 290 g/mol. The first-order valence-electron chi connectivity index (χ1n) is 6.90. The summed E-state index contributed by atoms with van der Waals surface area (Å²) < 4.78 is 7.53. The number of fused-ring (bicyclic) bond motifs is 4. The molecule has 2 N–H and O–H groups in total. The third kappa shape index (κ3) is 1.50. The zero-order chi connectivity index (χ0) is 12.3. The van der Waals surface area contributed by atoms with Crippen LogP contribution in [0.15, 0.2) is 22.7 Å². The van der Waals surface area contributed by atoms with Gasteiger partial charge in [-0.2, -0.15) is 0 Å². The molecule has 1 heterocycles. The fourth-order valence-electron chi connectivity index (χ4n) is 4.41. The van der Waals surface area contributed by atoms with Gasteiger partial charge in [-0.15, -0.1) is 0 Å². The highest BCUT2D eigenvalue weighted by atomic mass is 79.9. The lowest BCUT2D eigenvalue weighted by atomic mass is 9.76. The molecule has 1 spiro atoms. The van der Waals surface area contributed by atoms with Crippen molar-refractivity contribution < 1.29 is 4.74 Å². The summed E-state index contributed by atoms with van der Waals surface area (Å²) in [5, 5.41) is 0. The van der Waals surface area contributed by atoms with Gasteiger partial charge in [0.15, 0.2) is 0 Å². The van der Waals surface area contributed by atoms with Crippen LogP contribution in [0.4, 0.5) is 0 Å². The van der Waals surface area contributed by atoms with Gasteiger partial charge in [0.25, 0.3) is 0 Å². The van der Waals surface area contributed by atoms with Crippen molar-refractivity contribution in [2.45, 2.75) is 43.7 Å². The Bertz CT molecular complexity index is 503. The normalized spacial score (nSPS) is 40.9. The molecule has 0 radical (unpaired) electrons. The molecule has 1 aliphatic heterocycles. The van der Waals surface area contributed by atoms with Crippen LogP contribution in [0, 0.1) is 11.8 Å². The third-order valence-corrected chi connectivity index (χ3v) is 5.66. The number of rotatable bonds is 0. The number of hydrogen-bond donors (Lipinski definition) is 1. The molecule has 2 aliphatic carbocycles. The molecule has 2 saturated carbocycles. The van der Waals surface area contributed by atoms with Gasteiger partial charge in [-0.05, 0) is 55.7 Å². The molecule has 2 nitrogen and oxygen atoms in total. The van der Waals surface area contributed by atoms with E-state index in [0.29, 0.717) is 0 Å². The predicted molar refractivity (Wildman–Crippen MR) is 74.5 cm³/mol. The summed E-state index contributed by atoms with van der Waals surface area (Å²) in [5.41, 5.74) is 7.62. The van der Waals surface area contributed by atoms with Crippen LogP contribution >= 0.6 is 15.9 Å². The Kier molecular flexibility index (Phi) is 2.34. The van der Waals surface area contributed by atoms with Crippen molar-refractivity contribution in [3.8, 4) is 5.75 Å². The zero-order valence-electron chi connectivity index (χ0n) is 10.4. The van der Waals surface area contributed by atoms with Gasteiger partial charge in [0, 0.05) is 22.5 Å². The topological polar surface area (TPSA) is 35.2 Å². The number of benzene rings is 1. The summed E-state index contributed by atoms with van der Waals surface area (Å²) in [6.45, 7) is 0. The van der Waals surface area contributed by atoms with Gasteiger partial charge < -0.3 is 10.5 Å². The molecule has 2 bridgehead atoms. The fraction of sp³-hybridized carbons (Fsp3) is 0.600. The van der Waals surface area contributed by atoms with Gasteiger partial charge in [0.2, 0.25) is 0 Å². The van der Waals surface area contributed by atoms with Crippen LogP contribution in [0.25, 0.3) is 0 Å². The van der Waals surface area contributed by atoms with Gasteiger partial charge >= 0.3 is 0 Å². The van der Waals surface area contributed by atoms with Crippen LogP contribution in [-0.2, 0) is 0 Å². The second-order valence-corrected chi connectivity index (χ2v) is 7.16. The van der Waals surface area contributed by atoms with E-state index in [1.54, 1.807) is 0 Å². The van der Waals surface area contributed by atoms with Crippen molar-refractivity contribution in [1.29, 1.82) is 0 Å². The summed E-state index contributed by atoms with van der Waals surface area (Å²) in [7, 11) is 0. The molecule has 1 aromatic rings. The average Bonchev–Trinajstić information content (AvgIpc) is 2.91. The molecule has 0 aromatic heterocycles. The number of ether oxygens (including phenoxy) is 1. The number of halogens is 1.